The number of nitrogens with one attached hydrogen (secondary N) is 3. The summed E-state index contributed by atoms with van der Waals surface area (Å²) in [6.45, 7) is 0.968. The molecular weight excluding hydrogens is 516 g/mol. The Morgan fingerprint density at radius 2 is 2.16 bits per heavy atom. The summed E-state index contributed by atoms with van der Waals surface area (Å²) in [4.78, 5) is 38.7. The standard InChI is InChI=1S/C25H27ClN6O4S/c1-36-22-5-4-16-23(32-22)17(6-7-28-16)30-25(35)13-2-3-14(19(33)8-13)10-27-11-18-15(26)9-20-24(29-18)31-21(34)12-37-20/h4-7,9,13-14,19,27,33H,2-3,8,10-12H2,1H3,(H,28,30,35)(H,29,31,34)/t13-,14+,19-/m0/s1. The molecule has 0 aromatic carbocycles. The minimum atomic E-state index is -0.618. The lowest BCUT2D eigenvalue weighted by Crippen LogP contribution is -2.39. The van der Waals surface area contributed by atoms with Gasteiger partial charge in [-0.25, -0.2) is 9.97 Å². The molecule has 1 aliphatic heterocycles. The predicted octanol–water partition coefficient (Wildman–Crippen LogP) is 3.24. The number of nitrogens with zero attached hydrogens (tertiary/aromatic N) is 3. The van der Waals surface area contributed by atoms with Gasteiger partial charge in [0.1, 0.15) is 11.3 Å². The van der Waals surface area contributed by atoms with Crippen LogP contribution in [0.2, 0.25) is 5.02 Å². The molecule has 2 aliphatic rings. The highest BCUT2D eigenvalue weighted by atomic mass is 35.5. The van der Waals surface area contributed by atoms with Crippen LogP contribution in [-0.4, -0.2) is 57.4 Å². The largest absolute Gasteiger partial charge is 0.481 e. The van der Waals surface area contributed by atoms with Crippen molar-refractivity contribution in [2.75, 3.05) is 30.0 Å². The number of thioether (sulfide) groups is 1. The number of carbonyl (C=O) groups is 2. The van der Waals surface area contributed by atoms with Gasteiger partial charge in [-0.15, -0.1) is 11.8 Å². The molecular formula is C25H27ClN6O4S. The summed E-state index contributed by atoms with van der Waals surface area (Å²) < 4.78 is 5.20. The molecule has 0 unspecified atom stereocenters. The first-order valence-electron chi connectivity index (χ1n) is 12.0. The van der Waals surface area contributed by atoms with E-state index < -0.39 is 6.10 Å². The Balaban J connectivity index is 1.15. The maximum Gasteiger partial charge on any atom is 0.235 e. The lowest BCUT2D eigenvalue weighted by molar-refractivity contribution is -0.122. The lowest BCUT2D eigenvalue weighted by atomic mass is 9.79. The fraction of sp³-hybridized carbons (Fsp3) is 0.400. The van der Waals surface area contributed by atoms with Gasteiger partial charge in [-0.1, -0.05) is 11.6 Å². The monoisotopic (exact) mass is 542 g/mol. The Morgan fingerprint density at radius 3 is 2.97 bits per heavy atom. The number of fused-ring (bicyclic) bond motifs is 2. The number of carbonyl (C=O) groups excluding carboxylic acids is 2. The number of rotatable bonds is 7. The van der Waals surface area contributed by atoms with E-state index in [-0.39, 0.29) is 23.7 Å². The summed E-state index contributed by atoms with van der Waals surface area (Å²) in [5.41, 5.74) is 2.42. The summed E-state index contributed by atoms with van der Waals surface area (Å²) in [5, 5.41) is 20.4. The maximum atomic E-state index is 13.0. The third-order valence-corrected chi connectivity index (χ3v) is 8.04. The molecule has 0 radical (unpaired) electrons. The highest BCUT2D eigenvalue weighted by Crippen LogP contribution is 2.34. The molecule has 3 aromatic rings. The molecule has 194 valence electrons. The number of aromatic nitrogens is 3. The summed E-state index contributed by atoms with van der Waals surface area (Å²) in [6.07, 6.45) is 2.75. The van der Waals surface area contributed by atoms with Crippen LogP contribution in [0.15, 0.2) is 35.4 Å². The molecule has 12 heteroatoms. The van der Waals surface area contributed by atoms with Crippen molar-refractivity contribution in [2.45, 2.75) is 36.8 Å². The van der Waals surface area contributed by atoms with E-state index in [1.807, 2.05) is 6.07 Å². The van der Waals surface area contributed by atoms with Crippen LogP contribution in [0, 0.1) is 11.8 Å². The number of aliphatic hydroxyl groups is 1. The molecule has 37 heavy (non-hydrogen) atoms. The van der Waals surface area contributed by atoms with Gasteiger partial charge in [0.05, 0.1) is 45.8 Å². The second-order valence-corrected chi connectivity index (χ2v) is 10.6. The molecule has 3 atom stereocenters. The number of anilines is 2. The van der Waals surface area contributed by atoms with Gasteiger partial charge in [-0.2, -0.15) is 0 Å². The molecule has 10 nitrogen and oxygen atoms in total. The van der Waals surface area contributed by atoms with Crippen LogP contribution in [-0.2, 0) is 16.1 Å². The molecule has 5 rings (SSSR count). The first-order chi connectivity index (χ1) is 17.9. The smallest absolute Gasteiger partial charge is 0.235 e. The van der Waals surface area contributed by atoms with Crippen LogP contribution in [0.1, 0.15) is 25.0 Å². The van der Waals surface area contributed by atoms with Crippen LogP contribution >= 0.6 is 23.4 Å². The molecule has 1 saturated carbocycles. The average Bonchev–Trinajstić information content (AvgIpc) is 2.90. The molecule has 0 bridgehead atoms. The summed E-state index contributed by atoms with van der Waals surface area (Å²) in [5.74, 6) is 0.795. The zero-order chi connectivity index (χ0) is 25.9. The van der Waals surface area contributed by atoms with Crippen LogP contribution in [0.4, 0.5) is 11.5 Å². The van der Waals surface area contributed by atoms with E-state index in [0.29, 0.717) is 77.2 Å². The molecule has 3 aromatic heterocycles. The SMILES string of the molecule is COc1ccc2nccc(NC(=O)[C@H]3CC[C@H](CNCc4nc5c(cc4Cl)SCC(=O)N5)[C@@H](O)C3)c2n1. The first-order valence-corrected chi connectivity index (χ1v) is 13.4. The van der Waals surface area contributed by atoms with Crippen molar-refractivity contribution in [3.05, 3.63) is 41.2 Å². The number of hydrogen-bond acceptors (Lipinski definition) is 9. The zero-order valence-electron chi connectivity index (χ0n) is 20.2. The summed E-state index contributed by atoms with van der Waals surface area (Å²) in [6, 6.07) is 7.05. The summed E-state index contributed by atoms with van der Waals surface area (Å²) >= 11 is 7.80. The van der Waals surface area contributed by atoms with E-state index >= 15 is 0 Å². The normalized spacial score (nSPS) is 21.3. The fourth-order valence-corrected chi connectivity index (χ4v) is 5.74. The fourth-order valence-electron chi connectivity index (χ4n) is 4.66. The van der Waals surface area contributed by atoms with Crippen LogP contribution in [0.3, 0.4) is 0 Å². The van der Waals surface area contributed by atoms with Gasteiger partial charge in [-0.05, 0) is 43.4 Å². The van der Waals surface area contributed by atoms with Crippen molar-refractivity contribution in [3.63, 3.8) is 0 Å². The molecule has 4 heterocycles. The molecule has 0 saturated heterocycles. The number of methoxy groups -OCH3 is 1. The van der Waals surface area contributed by atoms with Gasteiger partial charge in [0.15, 0.2) is 0 Å². The van der Waals surface area contributed by atoms with Crippen molar-refractivity contribution >= 4 is 57.7 Å². The minimum absolute atomic E-state index is 0.00314. The minimum Gasteiger partial charge on any atom is -0.481 e. The van der Waals surface area contributed by atoms with Gasteiger partial charge < -0.3 is 25.8 Å². The second kappa shape index (κ2) is 11.2. The van der Waals surface area contributed by atoms with E-state index in [4.69, 9.17) is 16.3 Å². The number of ether oxygens (including phenoxy) is 1. The van der Waals surface area contributed by atoms with E-state index in [9.17, 15) is 14.7 Å². The van der Waals surface area contributed by atoms with Crippen LogP contribution in [0.25, 0.3) is 11.0 Å². The highest BCUT2D eigenvalue weighted by molar-refractivity contribution is 8.00. The van der Waals surface area contributed by atoms with Crippen molar-refractivity contribution in [3.8, 4) is 5.88 Å². The highest BCUT2D eigenvalue weighted by Gasteiger charge is 2.33. The molecule has 4 N–H and O–H groups in total. The van der Waals surface area contributed by atoms with E-state index in [0.717, 1.165) is 4.90 Å². The molecule has 1 fully saturated rings. The van der Waals surface area contributed by atoms with Crippen LogP contribution in [0.5, 0.6) is 5.88 Å². The van der Waals surface area contributed by atoms with Crippen molar-refractivity contribution in [1.29, 1.82) is 0 Å². The van der Waals surface area contributed by atoms with E-state index in [1.54, 1.807) is 24.4 Å². The van der Waals surface area contributed by atoms with Gasteiger partial charge >= 0.3 is 0 Å². The number of halogens is 1. The number of amides is 2. The topological polar surface area (TPSA) is 138 Å². The van der Waals surface area contributed by atoms with Crippen molar-refractivity contribution < 1.29 is 19.4 Å². The van der Waals surface area contributed by atoms with Gasteiger partial charge in [-0.3, -0.25) is 14.6 Å². The maximum absolute atomic E-state index is 13.0. The van der Waals surface area contributed by atoms with Gasteiger partial charge in [0.25, 0.3) is 0 Å². The third kappa shape index (κ3) is 5.80. The van der Waals surface area contributed by atoms with Crippen molar-refractivity contribution in [1.82, 2.24) is 20.3 Å². The number of pyridine rings is 3. The number of aliphatic hydroxyl groups excluding tert-OH is 1. The van der Waals surface area contributed by atoms with Gasteiger partial charge in [0, 0.05) is 31.3 Å². The molecule has 0 spiro atoms. The Kier molecular flexibility index (Phi) is 7.75. The van der Waals surface area contributed by atoms with E-state index in [1.165, 1.54) is 18.9 Å². The van der Waals surface area contributed by atoms with Crippen LogP contribution < -0.4 is 20.7 Å². The lowest BCUT2D eigenvalue weighted by Gasteiger charge is -2.32. The Hall–Kier alpha value is -2.99. The zero-order valence-corrected chi connectivity index (χ0v) is 21.7. The first kappa shape index (κ1) is 25.7. The Bertz CT molecular complexity index is 1340. The van der Waals surface area contributed by atoms with Gasteiger partial charge in [0.2, 0.25) is 17.7 Å². The Morgan fingerprint density at radius 1 is 1.30 bits per heavy atom. The molecule has 1 aliphatic carbocycles. The quantitative estimate of drug-likeness (QED) is 0.354. The third-order valence-electron chi connectivity index (χ3n) is 6.68. The summed E-state index contributed by atoms with van der Waals surface area (Å²) in [7, 11) is 1.54. The second-order valence-electron chi connectivity index (χ2n) is 9.14. The number of hydrogen-bond donors (Lipinski definition) is 4. The molecule has 2 amide bonds. The van der Waals surface area contributed by atoms with E-state index in [2.05, 4.69) is 30.9 Å². The van der Waals surface area contributed by atoms with Crippen molar-refractivity contribution in [2.24, 2.45) is 11.8 Å². The average molecular weight is 543 g/mol. The Labute approximate surface area is 223 Å². The predicted molar refractivity (Wildman–Crippen MR) is 142 cm³/mol.